The molecule has 1 aromatic carbocycles. The van der Waals surface area contributed by atoms with Gasteiger partial charge in [-0.25, -0.2) is 4.98 Å². The smallest absolute Gasteiger partial charge is 0.259 e. The molecule has 3 rings (SSSR count). The summed E-state index contributed by atoms with van der Waals surface area (Å²) in [6, 6.07) is 7.17. The monoisotopic (exact) mass is 303 g/mol. The predicted octanol–water partition coefficient (Wildman–Crippen LogP) is 3.91. The zero-order chi connectivity index (χ0) is 14.1. The maximum Gasteiger partial charge on any atom is 0.259 e. The van der Waals surface area contributed by atoms with Crippen LogP contribution in [-0.4, -0.2) is 15.9 Å². The van der Waals surface area contributed by atoms with Gasteiger partial charge in [-0.05, 0) is 36.8 Å². The van der Waals surface area contributed by atoms with Crippen LogP contribution in [0.5, 0.6) is 0 Å². The van der Waals surface area contributed by atoms with Crippen LogP contribution in [0.15, 0.2) is 36.7 Å². The van der Waals surface area contributed by atoms with E-state index >= 15 is 0 Å². The maximum atomic E-state index is 12.0. The summed E-state index contributed by atoms with van der Waals surface area (Å²) in [5, 5.41) is 4.01. The Kier molecular flexibility index (Phi) is 3.38. The summed E-state index contributed by atoms with van der Waals surface area (Å²) in [7, 11) is 0. The van der Waals surface area contributed by atoms with Crippen LogP contribution in [0.3, 0.4) is 0 Å². The van der Waals surface area contributed by atoms with Crippen molar-refractivity contribution in [2.24, 2.45) is 0 Å². The number of halogens is 1. The van der Waals surface area contributed by atoms with Gasteiger partial charge < -0.3 is 0 Å². The quantitative estimate of drug-likeness (QED) is 0.781. The number of amides is 1. The number of aryl methyl sites for hydroxylation is 1. The number of pyridine rings is 1. The first-order valence-corrected chi connectivity index (χ1v) is 7.11. The summed E-state index contributed by atoms with van der Waals surface area (Å²) in [6.45, 7) is 1.91. The van der Waals surface area contributed by atoms with Crippen molar-refractivity contribution in [3.8, 4) is 0 Å². The summed E-state index contributed by atoms with van der Waals surface area (Å²) < 4.78 is 0.994. The van der Waals surface area contributed by atoms with Crippen LogP contribution in [0.4, 0.5) is 5.13 Å². The zero-order valence-corrected chi connectivity index (χ0v) is 12.1. The fourth-order valence-electron chi connectivity index (χ4n) is 1.82. The minimum atomic E-state index is -0.221. The number of nitrogens with zero attached hydrogens (tertiary/aromatic N) is 2. The third kappa shape index (κ3) is 2.37. The van der Waals surface area contributed by atoms with E-state index in [4.69, 9.17) is 11.6 Å². The van der Waals surface area contributed by atoms with Crippen molar-refractivity contribution < 1.29 is 4.79 Å². The maximum absolute atomic E-state index is 12.0. The third-order valence-electron chi connectivity index (χ3n) is 2.89. The molecule has 0 saturated heterocycles. The van der Waals surface area contributed by atoms with Gasteiger partial charge in [-0.15, -0.1) is 0 Å². The number of fused-ring (bicyclic) bond motifs is 1. The molecule has 0 aliphatic heterocycles. The minimum absolute atomic E-state index is 0.221. The number of carbonyl (C=O) groups is 1. The van der Waals surface area contributed by atoms with E-state index in [0.29, 0.717) is 15.7 Å². The van der Waals surface area contributed by atoms with Crippen LogP contribution in [0, 0.1) is 6.92 Å². The van der Waals surface area contributed by atoms with Crippen molar-refractivity contribution in [1.82, 2.24) is 9.97 Å². The van der Waals surface area contributed by atoms with E-state index in [1.165, 1.54) is 17.5 Å². The van der Waals surface area contributed by atoms with Gasteiger partial charge in [0.1, 0.15) is 0 Å². The first kappa shape index (κ1) is 13.0. The Morgan fingerprint density at radius 1 is 1.35 bits per heavy atom. The average Bonchev–Trinajstić information content (AvgIpc) is 2.87. The van der Waals surface area contributed by atoms with Crippen molar-refractivity contribution in [2.45, 2.75) is 6.92 Å². The van der Waals surface area contributed by atoms with E-state index in [2.05, 4.69) is 15.3 Å². The second-order valence-corrected chi connectivity index (χ2v) is 5.67. The van der Waals surface area contributed by atoms with E-state index in [1.807, 2.05) is 19.1 Å². The van der Waals surface area contributed by atoms with Crippen LogP contribution in [0.25, 0.3) is 10.2 Å². The van der Waals surface area contributed by atoms with E-state index in [0.717, 1.165) is 15.8 Å². The lowest BCUT2D eigenvalue weighted by atomic mass is 10.2. The van der Waals surface area contributed by atoms with Gasteiger partial charge in [0.25, 0.3) is 5.91 Å². The number of rotatable bonds is 2. The van der Waals surface area contributed by atoms with Gasteiger partial charge in [0.05, 0.1) is 15.8 Å². The van der Waals surface area contributed by atoms with Gasteiger partial charge in [0, 0.05) is 17.4 Å². The molecule has 6 heteroatoms. The Balaban J connectivity index is 1.92. The number of nitrogens with one attached hydrogen (secondary N) is 1. The van der Waals surface area contributed by atoms with Crippen molar-refractivity contribution >= 4 is 44.2 Å². The van der Waals surface area contributed by atoms with Crippen molar-refractivity contribution in [2.75, 3.05) is 5.32 Å². The molecule has 3 aromatic rings. The second-order valence-electron chi connectivity index (χ2n) is 4.23. The molecule has 0 atom stereocenters. The van der Waals surface area contributed by atoms with E-state index in [9.17, 15) is 4.79 Å². The van der Waals surface area contributed by atoms with Crippen molar-refractivity contribution in [1.29, 1.82) is 0 Å². The molecule has 4 nitrogen and oxygen atoms in total. The third-order valence-corrected chi connectivity index (χ3v) is 4.24. The molecule has 0 aliphatic rings. The molecule has 20 heavy (non-hydrogen) atoms. The Labute approximate surface area is 124 Å². The second kappa shape index (κ2) is 5.19. The molecular formula is C14H10ClN3OS. The van der Waals surface area contributed by atoms with Gasteiger partial charge in [0.2, 0.25) is 0 Å². The average molecular weight is 304 g/mol. The minimum Gasteiger partial charge on any atom is -0.298 e. The lowest BCUT2D eigenvalue weighted by Gasteiger charge is -1.99. The number of benzene rings is 1. The summed E-state index contributed by atoms with van der Waals surface area (Å²) >= 11 is 7.49. The molecule has 0 radical (unpaired) electrons. The van der Waals surface area contributed by atoms with Crippen molar-refractivity contribution in [3.05, 3.63) is 52.8 Å². The summed E-state index contributed by atoms with van der Waals surface area (Å²) in [4.78, 5) is 20.4. The number of hydrogen-bond donors (Lipinski definition) is 1. The molecule has 0 saturated carbocycles. The van der Waals surface area contributed by atoms with Crippen LogP contribution in [0.1, 0.15) is 15.9 Å². The lowest BCUT2D eigenvalue weighted by molar-refractivity contribution is 0.102. The predicted molar refractivity (Wildman–Crippen MR) is 81.6 cm³/mol. The van der Waals surface area contributed by atoms with E-state index < -0.39 is 0 Å². The molecule has 1 amide bonds. The number of anilines is 1. The molecule has 0 spiro atoms. The Morgan fingerprint density at radius 2 is 2.20 bits per heavy atom. The molecule has 2 heterocycles. The van der Waals surface area contributed by atoms with Gasteiger partial charge in [-0.1, -0.05) is 22.9 Å². The highest BCUT2D eigenvalue weighted by atomic mass is 35.5. The fourth-order valence-corrected chi connectivity index (χ4v) is 2.89. The number of carbonyl (C=O) groups excluding carboxylic acids is 1. The van der Waals surface area contributed by atoms with E-state index in [-0.39, 0.29) is 5.91 Å². The van der Waals surface area contributed by atoms with Gasteiger partial charge in [-0.3, -0.25) is 15.1 Å². The number of thiazole rings is 1. The highest BCUT2D eigenvalue weighted by molar-refractivity contribution is 7.22. The molecule has 0 bridgehead atoms. The highest BCUT2D eigenvalue weighted by Crippen LogP contribution is 2.31. The normalized spacial score (nSPS) is 10.7. The zero-order valence-electron chi connectivity index (χ0n) is 10.6. The molecular weight excluding hydrogens is 294 g/mol. The SMILES string of the molecule is Cc1c(Cl)ccc2sc(NC(=O)c3cccnc3)nc12. The number of aromatic nitrogens is 2. The Bertz CT molecular complexity index is 786. The molecule has 2 aromatic heterocycles. The van der Waals surface area contributed by atoms with Gasteiger partial charge in [0.15, 0.2) is 5.13 Å². The topological polar surface area (TPSA) is 54.9 Å². The summed E-state index contributed by atoms with van der Waals surface area (Å²) in [5.74, 6) is -0.221. The van der Waals surface area contributed by atoms with Crippen LogP contribution < -0.4 is 5.32 Å². The van der Waals surface area contributed by atoms with Crippen molar-refractivity contribution in [3.63, 3.8) is 0 Å². The first-order valence-electron chi connectivity index (χ1n) is 5.92. The lowest BCUT2D eigenvalue weighted by Crippen LogP contribution is -2.11. The Hall–Kier alpha value is -1.98. The molecule has 100 valence electrons. The van der Waals surface area contributed by atoms with Gasteiger partial charge in [-0.2, -0.15) is 0 Å². The molecule has 0 unspecified atom stereocenters. The van der Waals surface area contributed by atoms with Crippen LogP contribution in [0.2, 0.25) is 5.02 Å². The molecule has 0 aliphatic carbocycles. The molecule has 0 fully saturated rings. The largest absolute Gasteiger partial charge is 0.298 e. The highest BCUT2D eigenvalue weighted by Gasteiger charge is 2.12. The Morgan fingerprint density at radius 3 is 2.95 bits per heavy atom. The fraction of sp³-hybridized carbons (Fsp3) is 0.0714. The van der Waals surface area contributed by atoms with Crippen LogP contribution in [-0.2, 0) is 0 Å². The summed E-state index contributed by atoms with van der Waals surface area (Å²) in [5.41, 5.74) is 2.24. The number of hydrogen-bond acceptors (Lipinski definition) is 4. The summed E-state index contributed by atoms with van der Waals surface area (Å²) in [6.07, 6.45) is 3.14. The first-order chi connectivity index (χ1) is 9.65. The van der Waals surface area contributed by atoms with E-state index in [1.54, 1.807) is 18.3 Å². The molecule has 1 N–H and O–H groups in total. The van der Waals surface area contributed by atoms with Crippen LogP contribution >= 0.6 is 22.9 Å². The van der Waals surface area contributed by atoms with Gasteiger partial charge >= 0.3 is 0 Å². The standard InChI is InChI=1S/C14H10ClN3OS/c1-8-10(15)4-5-11-12(8)17-14(20-11)18-13(19)9-3-2-6-16-7-9/h2-7H,1H3,(H,17,18,19).